The van der Waals surface area contributed by atoms with E-state index in [1.165, 1.54) is 12.7 Å². The molecule has 1 heterocycles. The maximum atomic E-state index is 12.6. The third-order valence-electron chi connectivity index (χ3n) is 4.30. The highest BCUT2D eigenvalue weighted by atomic mass is 16.5. The summed E-state index contributed by atoms with van der Waals surface area (Å²) in [6.07, 6.45) is -0.579. The quantitative estimate of drug-likeness (QED) is 0.901. The van der Waals surface area contributed by atoms with Crippen LogP contribution in [-0.4, -0.2) is 31.7 Å². The SMILES string of the molecule is CO[C@@H](CN)C(=O)N1c2ccccc2C(C)(C)C1C. The average Bonchev–Trinajstić information content (AvgIpc) is 2.60. The third kappa shape index (κ3) is 2.05. The molecule has 0 fully saturated rings. The molecule has 2 N–H and O–H groups in total. The first-order valence-electron chi connectivity index (χ1n) is 6.60. The third-order valence-corrected chi connectivity index (χ3v) is 4.30. The Bertz CT molecular complexity index is 481. The van der Waals surface area contributed by atoms with Crippen molar-refractivity contribution in [2.24, 2.45) is 5.73 Å². The van der Waals surface area contributed by atoms with Crippen molar-refractivity contribution in [1.82, 2.24) is 0 Å². The zero-order valence-corrected chi connectivity index (χ0v) is 12.0. The number of amides is 1. The minimum Gasteiger partial charge on any atom is -0.370 e. The van der Waals surface area contributed by atoms with Crippen molar-refractivity contribution in [3.8, 4) is 0 Å². The number of hydrogen-bond acceptors (Lipinski definition) is 3. The number of benzene rings is 1. The lowest BCUT2D eigenvalue weighted by Gasteiger charge is -2.31. The van der Waals surface area contributed by atoms with E-state index in [1.54, 1.807) is 0 Å². The molecule has 0 spiro atoms. The first-order valence-corrected chi connectivity index (χ1v) is 6.60. The van der Waals surface area contributed by atoms with Crippen molar-refractivity contribution < 1.29 is 9.53 Å². The van der Waals surface area contributed by atoms with Crippen molar-refractivity contribution in [2.45, 2.75) is 38.3 Å². The van der Waals surface area contributed by atoms with Gasteiger partial charge in [-0.05, 0) is 18.6 Å². The lowest BCUT2D eigenvalue weighted by atomic mass is 9.81. The fourth-order valence-electron chi connectivity index (χ4n) is 2.75. The smallest absolute Gasteiger partial charge is 0.257 e. The Balaban J connectivity index is 2.45. The van der Waals surface area contributed by atoms with E-state index in [9.17, 15) is 4.79 Å². The van der Waals surface area contributed by atoms with Gasteiger partial charge in [0.2, 0.25) is 0 Å². The summed E-state index contributed by atoms with van der Waals surface area (Å²) in [7, 11) is 1.52. The van der Waals surface area contributed by atoms with Crippen LogP contribution in [0.15, 0.2) is 24.3 Å². The molecule has 4 heteroatoms. The molecule has 104 valence electrons. The maximum Gasteiger partial charge on any atom is 0.257 e. The molecule has 2 rings (SSSR count). The standard InChI is InChI=1S/C15H22N2O2/c1-10-15(2,3)11-7-5-6-8-12(11)17(10)14(18)13(9-16)19-4/h5-8,10,13H,9,16H2,1-4H3/t10?,13-/m0/s1. The van der Waals surface area contributed by atoms with Crippen LogP contribution in [-0.2, 0) is 14.9 Å². The fourth-order valence-corrected chi connectivity index (χ4v) is 2.75. The van der Waals surface area contributed by atoms with Crippen molar-refractivity contribution in [3.63, 3.8) is 0 Å². The number of hydrogen-bond donors (Lipinski definition) is 1. The number of para-hydroxylation sites is 1. The van der Waals surface area contributed by atoms with Crippen molar-refractivity contribution >= 4 is 11.6 Å². The summed E-state index contributed by atoms with van der Waals surface area (Å²) in [6.45, 7) is 6.59. The first-order chi connectivity index (χ1) is 8.95. The molecule has 4 nitrogen and oxygen atoms in total. The Labute approximate surface area is 114 Å². The molecule has 1 aromatic rings. The number of methoxy groups -OCH3 is 1. The van der Waals surface area contributed by atoms with E-state index in [2.05, 4.69) is 26.8 Å². The first kappa shape index (κ1) is 14.0. The number of anilines is 1. The Morgan fingerprint density at radius 2 is 2.11 bits per heavy atom. The molecule has 1 aromatic carbocycles. The van der Waals surface area contributed by atoms with Gasteiger partial charge in [-0.3, -0.25) is 4.79 Å². The zero-order valence-electron chi connectivity index (χ0n) is 12.0. The van der Waals surface area contributed by atoms with Gasteiger partial charge in [-0.2, -0.15) is 0 Å². The van der Waals surface area contributed by atoms with Gasteiger partial charge in [-0.1, -0.05) is 32.0 Å². The number of nitrogens with two attached hydrogens (primary N) is 1. The Morgan fingerprint density at radius 1 is 1.47 bits per heavy atom. The van der Waals surface area contributed by atoms with E-state index >= 15 is 0 Å². The van der Waals surface area contributed by atoms with Gasteiger partial charge in [0, 0.05) is 30.8 Å². The summed E-state index contributed by atoms with van der Waals surface area (Å²) >= 11 is 0. The predicted molar refractivity (Wildman–Crippen MR) is 76.3 cm³/mol. The summed E-state index contributed by atoms with van der Waals surface area (Å²) in [5, 5.41) is 0. The van der Waals surface area contributed by atoms with E-state index in [0.717, 1.165) is 5.69 Å². The van der Waals surface area contributed by atoms with Gasteiger partial charge in [0.1, 0.15) is 6.10 Å². The molecule has 0 saturated carbocycles. The topological polar surface area (TPSA) is 55.6 Å². The second kappa shape index (κ2) is 4.94. The predicted octanol–water partition coefficient (Wildman–Crippen LogP) is 1.67. The molecule has 1 amide bonds. The molecule has 1 aliphatic rings. The molecule has 19 heavy (non-hydrogen) atoms. The Hall–Kier alpha value is -1.39. The van der Waals surface area contributed by atoms with Gasteiger partial charge in [-0.15, -0.1) is 0 Å². The number of rotatable bonds is 3. The molecule has 0 saturated heterocycles. The highest BCUT2D eigenvalue weighted by Gasteiger charge is 2.45. The van der Waals surface area contributed by atoms with Gasteiger partial charge >= 0.3 is 0 Å². The molecule has 0 aromatic heterocycles. The minimum absolute atomic E-state index is 0.0597. The average molecular weight is 262 g/mol. The minimum atomic E-state index is -0.579. The van der Waals surface area contributed by atoms with Gasteiger partial charge in [0.25, 0.3) is 5.91 Å². The lowest BCUT2D eigenvalue weighted by Crippen LogP contribution is -2.49. The van der Waals surface area contributed by atoms with Crippen LogP contribution in [0.25, 0.3) is 0 Å². The number of carbonyl (C=O) groups excluding carboxylic acids is 1. The van der Waals surface area contributed by atoms with Crippen LogP contribution in [0, 0.1) is 0 Å². The van der Waals surface area contributed by atoms with Crippen molar-refractivity contribution in [1.29, 1.82) is 0 Å². The van der Waals surface area contributed by atoms with Gasteiger partial charge in [0.05, 0.1) is 0 Å². The number of fused-ring (bicyclic) bond motifs is 1. The molecule has 0 radical (unpaired) electrons. The Morgan fingerprint density at radius 3 is 2.68 bits per heavy atom. The molecule has 0 bridgehead atoms. The van der Waals surface area contributed by atoms with Gasteiger partial charge in [0.15, 0.2) is 0 Å². The van der Waals surface area contributed by atoms with Crippen LogP contribution in [0.1, 0.15) is 26.3 Å². The molecule has 0 aliphatic carbocycles. The molecular formula is C15H22N2O2. The number of carbonyl (C=O) groups is 1. The highest BCUT2D eigenvalue weighted by Crippen LogP contribution is 2.45. The fraction of sp³-hybridized carbons (Fsp3) is 0.533. The Kier molecular flexibility index (Phi) is 3.65. The summed E-state index contributed by atoms with van der Waals surface area (Å²) in [6, 6.07) is 8.13. The maximum absolute atomic E-state index is 12.6. The molecule has 1 aliphatic heterocycles. The normalized spacial score (nSPS) is 22.2. The number of ether oxygens (including phenoxy) is 1. The lowest BCUT2D eigenvalue weighted by molar-refractivity contribution is -0.128. The second-order valence-corrected chi connectivity index (χ2v) is 5.58. The monoisotopic (exact) mass is 262 g/mol. The summed E-state index contributed by atoms with van der Waals surface area (Å²) < 4.78 is 5.19. The molecule has 1 unspecified atom stereocenters. The number of nitrogens with zero attached hydrogens (tertiary/aromatic N) is 1. The van der Waals surface area contributed by atoms with Crippen LogP contribution >= 0.6 is 0 Å². The van der Waals surface area contributed by atoms with Gasteiger partial charge in [-0.25, -0.2) is 0 Å². The van der Waals surface area contributed by atoms with Crippen LogP contribution in [0.2, 0.25) is 0 Å². The van der Waals surface area contributed by atoms with E-state index in [4.69, 9.17) is 10.5 Å². The van der Waals surface area contributed by atoms with E-state index < -0.39 is 6.10 Å². The van der Waals surface area contributed by atoms with Crippen LogP contribution in [0.4, 0.5) is 5.69 Å². The second-order valence-electron chi connectivity index (χ2n) is 5.58. The van der Waals surface area contributed by atoms with Gasteiger partial charge < -0.3 is 15.4 Å². The van der Waals surface area contributed by atoms with E-state index in [1.807, 2.05) is 23.1 Å². The van der Waals surface area contributed by atoms with Crippen LogP contribution < -0.4 is 10.6 Å². The largest absolute Gasteiger partial charge is 0.370 e. The summed E-state index contributed by atoms with van der Waals surface area (Å²) in [5.41, 5.74) is 7.71. The highest BCUT2D eigenvalue weighted by molar-refractivity contribution is 6.00. The van der Waals surface area contributed by atoms with Crippen molar-refractivity contribution in [2.75, 3.05) is 18.6 Å². The summed E-state index contributed by atoms with van der Waals surface area (Å²) in [4.78, 5) is 14.4. The summed E-state index contributed by atoms with van der Waals surface area (Å²) in [5.74, 6) is -0.0597. The van der Waals surface area contributed by atoms with Crippen LogP contribution in [0.3, 0.4) is 0 Å². The molecular weight excluding hydrogens is 240 g/mol. The van der Waals surface area contributed by atoms with Crippen molar-refractivity contribution in [3.05, 3.63) is 29.8 Å². The van der Waals surface area contributed by atoms with Crippen LogP contribution in [0.5, 0.6) is 0 Å². The van der Waals surface area contributed by atoms with E-state index in [-0.39, 0.29) is 23.9 Å². The zero-order chi connectivity index (χ0) is 14.2. The van der Waals surface area contributed by atoms with E-state index in [0.29, 0.717) is 0 Å². The molecule has 2 atom stereocenters.